The zero-order valence-corrected chi connectivity index (χ0v) is 14.0. The van der Waals surface area contributed by atoms with Crippen LogP contribution in [0.15, 0.2) is 6.07 Å². The highest BCUT2D eigenvalue weighted by molar-refractivity contribution is 6.31. The molecule has 0 saturated carbocycles. The lowest BCUT2D eigenvalue weighted by Gasteiger charge is -2.13. The minimum atomic E-state index is -0.132. The molecule has 0 aliphatic rings. The van der Waals surface area contributed by atoms with Crippen molar-refractivity contribution in [3.8, 4) is 0 Å². The predicted octanol–water partition coefficient (Wildman–Crippen LogP) is 2.66. The van der Waals surface area contributed by atoms with Crippen LogP contribution in [0.25, 0.3) is 0 Å². The molecule has 0 amide bonds. The SMILES string of the molecule is CCc1cc(C(N)Cc2c(Cl)c(CC)nn2CC)n(C)n1. The zero-order valence-electron chi connectivity index (χ0n) is 13.2. The van der Waals surface area contributed by atoms with E-state index >= 15 is 0 Å². The molecule has 21 heavy (non-hydrogen) atoms. The maximum Gasteiger partial charge on any atom is 0.0850 e. The van der Waals surface area contributed by atoms with E-state index in [-0.39, 0.29) is 6.04 Å². The number of aromatic nitrogens is 4. The van der Waals surface area contributed by atoms with Gasteiger partial charge in [-0.05, 0) is 25.8 Å². The summed E-state index contributed by atoms with van der Waals surface area (Å²) in [7, 11) is 1.94. The molecule has 2 aromatic heterocycles. The Balaban J connectivity index is 2.28. The van der Waals surface area contributed by atoms with Gasteiger partial charge in [-0.3, -0.25) is 9.36 Å². The molecular weight excluding hydrogens is 286 g/mol. The summed E-state index contributed by atoms with van der Waals surface area (Å²) in [5.74, 6) is 0. The average Bonchev–Trinajstić information content (AvgIpc) is 3.00. The Morgan fingerprint density at radius 3 is 2.48 bits per heavy atom. The Morgan fingerprint density at radius 1 is 1.24 bits per heavy atom. The smallest absolute Gasteiger partial charge is 0.0850 e. The molecule has 0 saturated heterocycles. The minimum absolute atomic E-state index is 0.132. The van der Waals surface area contributed by atoms with E-state index in [2.05, 4.69) is 37.0 Å². The van der Waals surface area contributed by atoms with Crippen LogP contribution in [0.1, 0.15) is 49.6 Å². The van der Waals surface area contributed by atoms with Gasteiger partial charge in [0.15, 0.2) is 0 Å². The maximum atomic E-state index is 6.45. The highest BCUT2D eigenvalue weighted by Crippen LogP contribution is 2.26. The van der Waals surface area contributed by atoms with Crippen LogP contribution in [0.3, 0.4) is 0 Å². The number of nitrogens with two attached hydrogens (primary N) is 1. The van der Waals surface area contributed by atoms with Gasteiger partial charge in [-0.1, -0.05) is 25.4 Å². The Labute approximate surface area is 131 Å². The number of rotatable bonds is 6. The molecule has 0 radical (unpaired) electrons. The molecule has 2 aromatic rings. The van der Waals surface area contributed by atoms with Gasteiger partial charge in [0.05, 0.1) is 33.8 Å². The van der Waals surface area contributed by atoms with E-state index in [0.29, 0.717) is 6.42 Å². The Hall–Kier alpha value is -1.33. The molecule has 1 atom stereocenters. The second-order valence-electron chi connectivity index (χ2n) is 5.23. The van der Waals surface area contributed by atoms with Gasteiger partial charge in [0.2, 0.25) is 0 Å². The van der Waals surface area contributed by atoms with Gasteiger partial charge in [0.1, 0.15) is 0 Å². The van der Waals surface area contributed by atoms with Crippen molar-refractivity contribution >= 4 is 11.6 Å². The van der Waals surface area contributed by atoms with Gasteiger partial charge >= 0.3 is 0 Å². The highest BCUT2D eigenvalue weighted by Gasteiger charge is 2.20. The van der Waals surface area contributed by atoms with Crippen LogP contribution in [0.2, 0.25) is 5.02 Å². The quantitative estimate of drug-likeness (QED) is 0.892. The monoisotopic (exact) mass is 309 g/mol. The number of hydrogen-bond acceptors (Lipinski definition) is 3. The molecule has 0 aliphatic heterocycles. The van der Waals surface area contributed by atoms with Gasteiger partial charge in [0, 0.05) is 20.0 Å². The van der Waals surface area contributed by atoms with Crippen molar-refractivity contribution in [2.75, 3.05) is 0 Å². The van der Waals surface area contributed by atoms with Crippen LogP contribution in [0, 0.1) is 0 Å². The summed E-state index contributed by atoms with van der Waals surface area (Å²) in [5.41, 5.74) is 10.4. The molecule has 6 heteroatoms. The van der Waals surface area contributed by atoms with Crippen molar-refractivity contribution in [3.05, 3.63) is 33.9 Å². The van der Waals surface area contributed by atoms with E-state index < -0.39 is 0 Å². The molecule has 2 heterocycles. The summed E-state index contributed by atoms with van der Waals surface area (Å²) in [6.45, 7) is 7.02. The molecule has 0 bridgehead atoms. The number of hydrogen-bond donors (Lipinski definition) is 1. The van der Waals surface area contributed by atoms with Crippen LogP contribution in [-0.4, -0.2) is 19.6 Å². The molecule has 0 aliphatic carbocycles. The molecule has 0 fully saturated rings. The molecule has 0 aromatic carbocycles. The lowest BCUT2D eigenvalue weighted by molar-refractivity contribution is 0.561. The molecule has 2 N–H and O–H groups in total. The molecular formula is C15H24ClN5. The predicted molar refractivity (Wildman–Crippen MR) is 85.5 cm³/mol. The number of halogens is 1. The summed E-state index contributed by atoms with van der Waals surface area (Å²) in [6, 6.07) is 1.94. The van der Waals surface area contributed by atoms with Gasteiger partial charge in [-0.2, -0.15) is 10.2 Å². The van der Waals surface area contributed by atoms with E-state index in [1.54, 1.807) is 0 Å². The Kier molecular flexibility index (Phi) is 5.06. The van der Waals surface area contributed by atoms with Crippen LogP contribution >= 0.6 is 11.6 Å². The normalized spacial score (nSPS) is 12.9. The van der Waals surface area contributed by atoms with Crippen molar-refractivity contribution in [1.29, 1.82) is 0 Å². The van der Waals surface area contributed by atoms with Crippen LogP contribution in [0.4, 0.5) is 0 Å². The first-order chi connectivity index (χ1) is 10.0. The van der Waals surface area contributed by atoms with E-state index in [4.69, 9.17) is 17.3 Å². The van der Waals surface area contributed by atoms with Crippen molar-refractivity contribution < 1.29 is 0 Å². The van der Waals surface area contributed by atoms with Crippen molar-refractivity contribution in [3.63, 3.8) is 0 Å². The summed E-state index contributed by atoms with van der Waals surface area (Å²) in [6.07, 6.45) is 2.41. The van der Waals surface area contributed by atoms with Gasteiger partial charge in [-0.25, -0.2) is 0 Å². The molecule has 116 valence electrons. The summed E-state index contributed by atoms with van der Waals surface area (Å²) >= 11 is 6.45. The van der Waals surface area contributed by atoms with Crippen molar-refractivity contribution in [2.45, 2.75) is 52.6 Å². The second kappa shape index (κ2) is 6.62. The first kappa shape index (κ1) is 16.0. The third-order valence-electron chi connectivity index (χ3n) is 3.82. The van der Waals surface area contributed by atoms with E-state index in [1.807, 2.05) is 16.4 Å². The largest absolute Gasteiger partial charge is 0.322 e. The fourth-order valence-corrected chi connectivity index (χ4v) is 2.93. The van der Waals surface area contributed by atoms with E-state index in [0.717, 1.165) is 47.2 Å². The maximum absolute atomic E-state index is 6.45. The van der Waals surface area contributed by atoms with Crippen LogP contribution in [-0.2, 0) is 32.9 Å². The lowest BCUT2D eigenvalue weighted by Crippen LogP contribution is -2.19. The Bertz CT molecular complexity index is 614. The standard InChI is InChI=1S/C15H24ClN5/c1-5-10-8-13(20(4)18-10)11(17)9-14-15(16)12(6-2)19-21(14)7-3/h8,11H,5-7,9,17H2,1-4H3. The summed E-state index contributed by atoms with van der Waals surface area (Å²) in [4.78, 5) is 0. The van der Waals surface area contributed by atoms with Gasteiger partial charge in [0.25, 0.3) is 0 Å². The zero-order chi connectivity index (χ0) is 15.6. The minimum Gasteiger partial charge on any atom is -0.322 e. The second-order valence-corrected chi connectivity index (χ2v) is 5.60. The van der Waals surface area contributed by atoms with Crippen LogP contribution in [0.5, 0.6) is 0 Å². The first-order valence-corrected chi connectivity index (χ1v) is 7.91. The van der Waals surface area contributed by atoms with E-state index in [1.165, 1.54) is 0 Å². The summed E-state index contributed by atoms with van der Waals surface area (Å²) < 4.78 is 3.82. The lowest BCUT2D eigenvalue weighted by atomic mass is 10.1. The molecule has 0 spiro atoms. The first-order valence-electron chi connectivity index (χ1n) is 7.54. The van der Waals surface area contributed by atoms with Gasteiger partial charge in [-0.15, -0.1) is 0 Å². The van der Waals surface area contributed by atoms with E-state index in [9.17, 15) is 0 Å². The summed E-state index contributed by atoms with van der Waals surface area (Å²) in [5, 5.41) is 9.76. The number of aryl methyl sites for hydroxylation is 4. The third-order valence-corrected chi connectivity index (χ3v) is 4.25. The highest BCUT2D eigenvalue weighted by atomic mass is 35.5. The molecule has 1 unspecified atom stereocenters. The number of nitrogens with zero attached hydrogens (tertiary/aromatic N) is 4. The molecule has 5 nitrogen and oxygen atoms in total. The Morgan fingerprint density at radius 2 is 1.95 bits per heavy atom. The van der Waals surface area contributed by atoms with Gasteiger partial charge < -0.3 is 5.73 Å². The van der Waals surface area contributed by atoms with Crippen LogP contribution < -0.4 is 5.73 Å². The average molecular weight is 310 g/mol. The topological polar surface area (TPSA) is 61.7 Å². The van der Waals surface area contributed by atoms with Crippen molar-refractivity contribution in [1.82, 2.24) is 19.6 Å². The molecule has 2 rings (SSSR count). The third kappa shape index (κ3) is 3.14. The van der Waals surface area contributed by atoms with Crippen molar-refractivity contribution in [2.24, 2.45) is 12.8 Å². The fourth-order valence-electron chi connectivity index (χ4n) is 2.59. The fraction of sp³-hybridized carbons (Fsp3) is 0.600.